The maximum absolute atomic E-state index is 11.7. The Balaban J connectivity index is 4.52. The van der Waals surface area contributed by atoms with Gasteiger partial charge in [0.1, 0.15) is 6.04 Å². The molecule has 0 aliphatic rings. The number of rotatable bonds is 9. The minimum Gasteiger partial charge on any atom is -0.468 e. The lowest BCUT2D eigenvalue weighted by atomic mass is 9.93. The highest BCUT2D eigenvalue weighted by atomic mass is 16.5. The first-order valence-corrected chi connectivity index (χ1v) is 6.49. The van der Waals surface area contributed by atoms with Crippen LogP contribution < -0.4 is 5.32 Å². The molecule has 17 heavy (non-hydrogen) atoms. The van der Waals surface area contributed by atoms with Crippen LogP contribution in [0.4, 0.5) is 0 Å². The van der Waals surface area contributed by atoms with E-state index in [4.69, 9.17) is 9.84 Å². The zero-order valence-electron chi connectivity index (χ0n) is 11.6. The van der Waals surface area contributed by atoms with Crippen LogP contribution in [0.3, 0.4) is 0 Å². The number of carbonyl (C=O) groups is 1. The smallest absolute Gasteiger partial charge is 0.322 e. The van der Waals surface area contributed by atoms with Gasteiger partial charge in [0.05, 0.1) is 7.11 Å². The van der Waals surface area contributed by atoms with Gasteiger partial charge in [-0.25, -0.2) is 0 Å². The lowest BCUT2D eigenvalue weighted by Crippen LogP contribution is -2.51. The summed E-state index contributed by atoms with van der Waals surface area (Å²) in [6, 6.07) is -0.267. The molecule has 0 spiro atoms. The molecule has 4 nitrogen and oxygen atoms in total. The number of esters is 1. The van der Waals surface area contributed by atoms with Crippen molar-refractivity contribution in [2.75, 3.05) is 13.7 Å². The highest BCUT2D eigenvalue weighted by molar-refractivity contribution is 5.75. The highest BCUT2D eigenvalue weighted by Gasteiger charge is 2.28. The summed E-state index contributed by atoms with van der Waals surface area (Å²) in [7, 11) is 1.41. The summed E-state index contributed by atoms with van der Waals surface area (Å²) in [5.41, 5.74) is -0.207. The van der Waals surface area contributed by atoms with Crippen LogP contribution in [-0.2, 0) is 9.53 Å². The molecule has 2 atom stereocenters. The van der Waals surface area contributed by atoms with Crippen molar-refractivity contribution in [2.24, 2.45) is 0 Å². The van der Waals surface area contributed by atoms with E-state index in [9.17, 15) is 4.79 Å². The molecule has 2 N–H and O–H groups in total. The average molecular weight is 245 g/mol. The molecule has 2 unspecified atom stereocenters. The van der Waals surface area contributed by atoms with Crippen molar-refractivity contribution in [1.29, 1.82) is 0 Å². The van der Waals surface area contributed by atoms with Crippen LogP contribution >= 0.6 is 0 Å². The fraction of sp³-hybridized carbons (Fsp3) is 0.923. The van der Waals surface area contributed by atoms with E-state index >= 15 is 0 Å². The normalized spacial score (nSPS) is 16.3. The maximum atomic E-state index is 11.7. The highest BCUT2D eigenvalue weighted by Crippen LogP contribution is 2.17. The number of aliphatic hydroxyl groups excluding tert-OH is 1. The largest absolute Gasteiger partial charge is 0.468 e. The summed E-state index contributed by atoms with van der Waals surface area (Å²) < 4.78 is 4.81. The average Bonchev–Trinajstić information content (AvgIpc) is 2.33. The Morgan fingerprint density at radius 2 is 2.12 bits per heavy atom. The van der Waals surface area contributed by atoms with Crippen molar-refractivity contribution in [3.63, 3.8) is 0 Å². The molecule has 4 heteroatoms. The van der Waals surface area contributed by atoms with Crippen LogP contribution in [0.5, 0.6) is 0 Å². The predicted molar refractivity (Wildman–Crippen MR) is 68.9 cm³/mol. The molecule has 0 heterocycles. The fourth-order valence-electron chi connectivity index (χ4n) is 1.82. The third-order valence-electron chi connectivity index (χ3n) is 3.30. The van der Waals surface area contributed by atoms with Gasteiger partial charge < -0.3 is 9.84 Å². The van der Waals surface area contributed by atoms with Crippen LogP contribution in [0.2, 0.25) is 0 Å². The van der Waals surface area contributed by atoms with Gasteiger partial charge in [0.25, 0.3) is 0 Å². The van der Waals surface area contributed by atoms with Crippen molar-refractivity contribution < 1.29 is 14.6 Å². The molecular weight excluding hydrogens is 218 g/mol. The second-order valence-corrected chi connectivity index (χ2v) is 4.75. The Labute approximate surface area is 105 Å². The van der Waals surface area contributed by atoms with Gasteiger partial charge >= 0.3 is 5.97 Å². The first kappa shape index (κ1) is 16.4. The number of methoxy groups -OCH3 is 1. The Morgan fingerprint density at radius 3 is 2.53 bits per heavy atom. The molecular formula is C13H27NO3. The number of aliphatic hydroxyl groups is 1. The molecule has 0 fully saturated rings. The van der Waals surface area contributed by atoms with Crippen LogP contribution in [0.25, 0.3) is 0 Å². The first-order chi connectivity index (χ1) is 8.02. The number of ether oxygens (including phenoxy) is 1. The number of hydrogen-bond donors (Lipinski definition) is 2. The fourth-order valence-corrected chi connectivity index (χ4v) is 1.82. The van der Waals surface area contributed by atoms with Gasteiger partial charge in [-0.05, 0) is 26.2 Å². The number of unbranched alkanes of at least 4 members (excludes halogenated alkanes) is 1. The summed E-state index contributed by atoms with van der Waals surface area (Å²) in [6.45, 7) is 6.31. The molecule has 0 bridgehead atoms. The monoisotopic (exact) mass is 245 g/mol. The number of carbonyl (C=O) groups excluding carboxylic acids is 1. The van der Waals surface area contributed by atoms with E-state index < -0.39 is 0 Å². The molecule has 0 rings (SSSR count). The van der Waals surface area contributed by atoms with Gasteiger partial charge in [0.15, 0.2) is 0 Å². The van der Waals surface area contributed by atoms with Gasteiger partial charge in [0, 0.05) is 12.1 Å². The minimum atomic E-state index is -0.267. The molecule has 0 radical (unpaired) electrons. The van der Waals surface area contributed by atoms with E-state index in [0.717, 1.165) is 25.7 Å². The zero-order valence-corrected chi connectivity index (χ0v) is 11.6. The lowest BCUT2D eigenvalue weighted by Gasteiger charge is -2.33. The van der Waals surface area contributed by atoms with Crippen LogP contribution in [0, 0.1) is 0 Å². The summed E-state index contributed by atoms with van der Waals surface area (Å²) in [6.07, 6.45) is 4.34. The Morgan fingerprint density at radius 1 is 1.47 bits per heavy atom. The van der Waals surface area contributed by atoms with E-state index in [1.165, 1.54) is 7.11 Å². The molecule has 0 saturated heterocycles. The summed E-state index contributed by atoms with van der Waals surface area (Å²) >= 11 is 0. The Hall–Kier alpha value is -0.610. The number of nitrogens with one attached hydrogen (secondary N) is 1. The Bertz CT molecular complexity index is 221. The molecule has 0 aromatic rings. The van der Waals surface area contributed by atoms with Crippen LogP contribution in [-0.4, -0.2) is 36.4 Å². The van der Waals surface area contributed by atoms with Gasteiger partial charge in [0.2, 0.25) is 0 Å². The van der Waals surface area contributed by atoms with E-state index in [1.54, 1.807) is 0 Å². The van der Waals surface area contributed by atoms with Crippen molar-refractivity contribution >= 4 is 5.97 Å². The first-order valence-electron chi connectivity index (χ1n) is 6.49. The topological polar surface area (TPSA) is 58.6 Å². The Kier molecular flexibility index (Phi) is 8.17. The van der Waals surface area contributed by atoms with Crippen molar-refractivity contribution in [3.05, 3.63) is 0 Å². The zero-order chi connectivity index (χ0) is 13.3. The maximum Gasteiger partial charge on any atom is 0.322 e. The van der Waals surface area contributed by atoms with Gasteiger partial charge in [-0.3, -0.25) is 10.1 Å². The van der Waals surface area contributed by atoms with E-state index in [2.05, 4.69) is 19.2 Å². The van der Waals surface area contributed by atoms with Crippen molar-refractivity contribution in [2.45, 2.75) is 64.5 Å². The molecule has 0 aliphatic heterocycles. The third-order valence-corrected chi connectivity index (χ3v) is 3.30. The van der Waals surface area contributed by atoms with E-state index in [-0.39, 0.29) is 24.2 Å². The lowest BCUT2D eigenvalue weighted by molar-refractivity contribution is -0.144. The third kappa shape index (κ3) is 6.03. The van der Waals surface area contributed by atoms with Crippen molar-refractivity contribution in [1.82, 2.24) is 5.32 Å². The molecule has 0 amide bonds. The summed E-state index contributed by atoms with van der Waals surface area (Å²) in [4.78, 5) is 11.7. The van der Waals surface area contributed by atoms with Gasteiger partial charge in [-0.1, -0.05) is 26.7 Å². The van der Waals surface area contributed by atoms with Crippen LogP contribution in [0.15, 0.2) is 0 Å². The summed E-state index contributed by atoms with van der Waals surface area (Å²) in [5, 5.41) is 12.4. The molecule has 0 aliphatic carbocycles. The molecule has 0 aromatic heterocycles. The van der Waals surface area contributed by atoms with Gasteiger partial charge in [-0.2, -0.15) is 0 Å². The standard InChI is InChI=1S/C13H27NO3/c1-5-7-8-11(12(16)17-4)14-13(3,6-2)9-10-15/h11,14-15H,5-10H2,1-4H3. The second kappa shape index (κ2) is 8.48. The van der Waals surface area contributed by atoms with E-state index in [1.807, 2.05) is 6.92 Å². The predicted octanol–water partition coefficient (Wildman–Crippen LogP) is 1.86. The SMILES string of the molecule is CCCCC(NC(C)(CC)CCO)C(=O)OC. The van der Waals surface area contributed by atoms with Crippen LogP contribution in [0.1, 0.15) is 52.9 Å². The summed E-state index contributed by atoms with van der Waals surface area (Å²) in [5.74, 6) is -0.212. The second-order valence-electron chi connectivity index (χ2n) is 4.75. The minimum absolute atomic E-state index is 0.124. The van der Waals surface area contributed by atoms with Gasteiger partial charge in [-0.15, -0.1) is 0 Å². The number of hydrogen-bond acceptors (Lipinski definition) is 4. The van der Waals surface area contributed by atoms with E-state index in [0.29, 0.717) is 6.42 Å². The quantitative estimate of drug-likeness (QED) is 0.609. The molecule has 0 aromatic carbocycles. The van der Waals surface area contributed by atoms with Crippen molar-refractivity contribution in [3.8, 4) is 0 Å². The molecule has 102 valence electrons. The molecule has 0 saturated carbocycles.